The van der Waals surface area contributed by atoms with Crippen LogP contribution >= 0.6 is 0 Å². The maximum absolute atomic E-state index is 13.2. The van der Waals surface area contributed by atoms with Crippen LogP contribution in [0.2, 0.25) is 0 Å². The van der Waals surface area contributed by atoms with Gasteiger partial charge in [-0.25, -0.2) is 5.43 Å². The zero-order valence-electron chi connectivity index (χ0n) is 19.4. The summed E-state index contributed by atoms with van der Waals surface area (Å²) in [7, 11) is 0. The van der Waals surface area contributed by atoms with E-state index in [1.807, 2.05) is 31.2 Å². The van der Waals surface area contributed by atoms with Crippen LogP contribution in [0, 0.1) is 37.0 Å². The average molecular weight is 442 g/mol. The number of aromatic nitrogens is 2. The highest BCUT2D eigenvalue weighted by Gasteiger charge is 2.51. The Labute approximate surface area is 194 Å². The highest BCUT2D eigenvalue weighted by molar-refractivity contribution is 5.95. The summed E-state index contributed by atoms with van der Waals surface area (Å²) < 4.78 is 0. The number of hydrogen-bond acceptors (Lipinski definition) is 3. The fourth-order valence-electron chi connectivity index (χ4n) is 7.46. The third-order valence-corrected chi connectivity index (χ3v) is 8.38. The maximum atomic E-state index is 13.2. The lowest BCUT2D eigenvalue weighted by Crippen LogP contribution is -2.48. The molecular weight excluding hydrogens is 410 g/mol. The summed E-state index contributed by atoms with van der Waals surface area (Å²) in [6, 6.07) is 13.8. The smallest absolute Gasteiger partial charge is 0.273 e. The van der Waals surface area contributed by atoms with Crippen molar-refractivity contribution in [2.45, 2.75) is 58.8 Å². The molecule has 4 saturated carbocycles. The van der Waals surface area contributed by atoms with E-state index in [9.17, 15) is 9.59 Å². The summed E-state index contributed by atoms with van der Waals surface area (Å²) in [5.41, 5.74) is 6.64. The molecule has 0 atom stereocenters. The van der Waals surface area contributed by atoms with Crippen LogP contribution < -0.4 is 11.0 Å². The van der Waals surface area contributed by atoms with Gasteiger partial charge in [-0.3, -0.25) is 9.59 Å². The lowest BCUT2D eigenvalue weighted by atomic mass is 9.49. The van der Waals surface area contributed by atoms with E-state index in [4.69, 9.17) is 0 Å². The van der Waals surface area contributed by atoms with E-state index in [1.165, 1.54) is 43.3 Å². The normalized spacial score (nSPS) is 27.8. The minimum Gasteiger partial charge on any atom is -0.273 e. The topological polar surface area (TPSA) is 64.0 Å². The van der Waals surface area contributed by atoms with Crippen molar-refractivity contribution in [2.75, 3.05) is 5.43 Å². The van der Waals surface area contributed by atoms with Crippen molar-refractivity contribution in [3.63, 3.8) is 0 Å². The number of rotatable bonds is 4. The van der Waals surface area contributed by atoms with E-state index in [2.05, 4.69) is 35.6 Å². The number of fused-ring (bicyclic) bond motifs is 1. The highest BCUT2D eigenvalue weighted by Crippen LogP contribution is 2.61. The Hall–Kier alpha value is -2.95. The van der Waals surface area contributed by atoms with Crippen molar-refractivity contribution in [3.8, 4) is 11.3 Å². The fourth-order valence-corrected chi connectivity index (χ4v) is 7.46. The molecule has 1 N–H and O–H groups in total. The molecule has 7 rings (SSSR count). The standard InChI is InChI=1S/C28H31N3O2/c1-17-7-8-18(2)24(9-17)26-22-5-3-4-6-23(22)27(33)31(30-26)29-25(32)16-28-13-19-10-20(14-28)12-21(11-19)15-28/h3-9,19-21H,10-16H2,1-2H3,(H,29,32). The van der Waals surface area contributed by atoms with Gasteiger partial charge in [-0.1, -0.05) is 35.9 Å². The van der Waals surface area contributed by atoms with Crippen molar-refractivity contribution in [2.24, 2.45) is 23.2 Å². The fraction of sp³-hybridized carbons (Fsp3) is 0.464. The minimum absolute atomic E-state index is 0.0891. The Morgan fingerprint density at radius 3 is 2.30 bits per heavy atom. The van der Waals surface area contributed by atoms with Gasteiger partial charge < -0.3 is 0 Å². The van der Waals surface area contributed by atoms with Crippen molar-refractivity contribution in [1.29, 1.82) is 0 Å². The Kier molecular flexibility index (Phi) is 4.72. The molecule has 2 aromatic carbocycles. The number of nitrogens with one attached hydrogen (secondary N) is 1. The third kappa shape index (κ3) is 3.58. The van der Waals surface area contributed by atoms with Gasteiger partial charge in [-0.05, 0) is 93.2 Å². The van der Waals surface area contributed by atoms with E-state index in [-0.39, 0.29) is 16.9 Å². The van der Waals surface area contributed by atoms with E-state index >= 15 is 0 Å². The van der Waals surface area contributed by atoms with Crippen LogP contribution in [0.5, 0.6) is 0 Å². The predicted octanol–water partition coefficient (Wildman–Crippen LogP) is 5.36. The Balaban J connectivity index is 1.36. The molecule has 5 nitrogen and oxygen atoms in total. The largest absolute Gasteiger partial charge is 0.294 e. The first-order valence-corrected chi connectivity index (χ1v) is 12.3. The molecule has 5 heteroatoms. The Morgan fingerprint density at radius 1 is 1.00 bits per heavy atom. The van der Waals surface area contributed by atoms with Gasteiger partial charge in [0.25, 0.3) is 5.56 Å². The first-order chi connectivity index (χ1) is 15.9. The summed E-state index contributed by atoms with van der Waals surface area (Å²) >= 11 is 0. The predicted molar refractivity (Wildman–Crippen MR) is 131 cm³/mol. The zero-order valence-corrected chi connectivity index (χ0v) is 19.4. The van der Waals surface area contributed by atoms with E-state index in [1.54, 1.807) is 0 Å². The molecule has 33 heavy (non-hydrogen) atoms. The van der Waals surface area contributed by atoms with Crippen LogP contribution in [0.25, 0.3) is 22.0 Å². The van der Waals surface area contributed by atoms with Gasteiger partial charge in [-0.2, -0.15) is 0 Å². The lowest BCUT2D eigenvalue weighted by Gasteiger charge is -2.56. The number of amides is 1. The average Bonchev–Trinajstić information content (AvgIpc) is 2.76. The Bertz CT molecular complexity index is 1290. The number of carbonyl (C=O) groups excluding carboxylic acids is 1. The number of carbonyl (C=O) groups is 1. The number of benzene rings is 2. The van der Waals surface area contributed by atoms with Crippen LogP contribution in [0.3, 0.4) is 0 Å². The van der Waals surface area contributed by atoms with Crippen molar-refractivity contribution in [3.05, 3.63) is 63.9 Å². The lowest BCUT2D eigenvalue weighted by molar-refractivity contribution is -0.125. The molecule has 4 aliphatic rings. The third-order valence-electron chi connectivity index (χ3n) is 8.38. The van der Waals surface area contributed by atoms with Crippen LogP contribution in [-0.4, -0.2) is 15.8 Å². The molecule has 1 aromatic heterocycles. The minimum atomic E-state index is -0.279. The van der Waals surface area contributed by atoms with E-state index in [0.717, 1.165) is 45.5 Å². The van der Waals surface area contributed by atoms with Gasteiger partial charge in [0.1, 0.15) is 5.69 Å². The SMILES string of the molecule is Cc1ccc(C)c(-c2nn(NC(=O)CC34CC5CC(CC(C5)C3)C4)c(=O)c3ccccc23)c1. The second kappa shape index (κ2) is 7.54. The van der Waals surface area contributed by atoms with Gasteiger partial charge in [-0.15, -0.1) is 9.89 Å². The molecule has 0 spiro atoms. The van der Waals surface area contributed by atoms with Crippen molar-refractivity contribution < 1.29 is 4.79 Å². The van der Waals surface area contributed by atoms with Crippen LogP contribution in [-0.2, 0) is 4.79 Å². The second-order valence-corrected chi connectivity index (χ2v) is 11.1. The molecule has 0 saturated heterocycles. The molecule has 170 valence electrons. The molecule has 0 radical (unpaired) electrons. The molecule has 0 unspecified atom stereocenters. The van der Waals surface area contributed by atoms with Crippen LogP contribution in [0.15, 0.2) is 47.3 Å². The molecule has 1 heterocycles. The van der Waals surface area contributed by atoms with Crippen LogP contribution in [0.1, 0.15) is 56.1 Å². The summed E-state index contributed by atoms with van der Waals surface area (Å²) in [6.45, 7) is 4.10. The van der Waals surface area contributed by atoms with Gasteiger partial charge in [0.2, 0.25) is 5.91 Å². The highest BCUT2D eigenvalue weighted by atomic mass is 16.2. The van der Waals surface area contributed by atoms with Gasteiger partial charge in [0, 0.05) is 17.4 Å². The molecular formula is C28H31N3O2. The first kappa shape index (κ1) is 20.6. The number of nitrogens with zero attached hydrogens (tertiary/aromatic N) is 2. The molecule has 4 aliphatic carbocycles. The quantitative estimate of drug-likeness (QED) is 0.593. The second-order valence-electron chi connectivity index (χ2n) is 11.1. The molecule has 3 aromatic rings. The summed E-state index contributed by atoms with van der Waals surface area (Å²) in [6.07, 6.45) is 8.06. The monoisotopic (exact) mass is 441 g/mol. The molecule has 4 bridgehead atoms. The van der Waals surface area contributed by atoms with Crippen LogP contribution in [0.4, 0.5) is 0 Å². The molecule has 1 amide bonds. The zero-order chi connectivity index (χ0) is 22.7. The van der Waals surface area contributed by atoms with E-state index in [0.29, 0.717) is 11.8 Å². The van der Waals surface area contributed by atoms with E-state index < -0.39 is 0 Å². The Morgan fingerprint density at radius 2 is 1.64 bits per heavy atom. The number of hydrogen-bond donors (Lipinski definition) is 1. The maximum Gasteiger partial charge on any atom is 0.294 e. The molecule has 0 aliphatic heterocycles. The van der Waals surface area contributed by atoms with Gasteiger partial charge in [0.05, 0.1) is 5.39 Å². The van der Waals surface area contributed by atoms with Crippen molar-refractivity contribution in [1.82, 2.24) is 9.89 Å². The molecule has 4 fully saturated rings. The van der Waals surface area contributed by atoms with Crippen molar-refractivity contribution >= 4 is 16.7 Å². The number of aryl methyl sites for hydroxylation is 2. The summed E-state index contributed by atoms with van der Waals surface area (Å²) in [5.74, 6) is 2.29. The first-order valence-electron chi connectivity index (χ1n) is 12.3. The summed E-state index contributed by atoms with van der Waals surface area (Å²) in [4.78, 5) is 27.7. The summed E-state index contributed by atoms with van der Waals surface area (Å²) in [5, 5.41) is 6.06. The van der Waals surface area contributed by atoms with Gasteiger partial charge >= 0.3 is 0 Å². The van der Waals surface area contributed by atoms with Gasteiger partial charge in [0.15, 0.2) is 0 Å².